The van der Waals surface area contributed by atoms with Crippen LogP contribution >= 0.6 is 0 Å². The zero-order valence-electron chi connectivity index (χ0n) is 21.3. The van der Waals surface area contributed by atoms with E-state index in [1.54, 1.807) is 18.2 Å². The molecule has 0 aliphatic carbocycles. The molecule has 0 saturated heterocycles. The molecule has 3 aromatic rings. The first-order valence-electron chi connectivity index (χ1n) is 12.6. The van der Waals surface area contributed by atoms with Crippen LogP contribution in [0.4, 0.5) is 4.39 Å². The fourth-order valence-corrected chi connectivity index (χ4v) is 4.28. The molecule has 1 aliphatic rings. The quantitative estimate of drug-likeness (QED) is 0.403. The second-order valence-corrected chi connectivity index (χ2v) is 9.65. The molecular formula is C30H33FN2O4. The average molecular weight is 505 g/mol. The molecule has 0 bridgehead atoms. The minimum Gasteiger partial charge on any atom is -0.454 e. The van der Waals surface area contributed by atoms with Gasteiger partial charge in [-0.25, -0.2) is 4.39 Å². The van der Waals surface area contributed by atoms with Crippen molar-refractivity contribution in [3.63, 3.8) is 0 Å². The van der Waals surface area contributed by atoms with Crippen LogP contribution in [0.3, 0.4) is 0 Å². The Kier molecular flexibility index (Phi) is 8.77. The Morgan fingerprint density at radius 1 is 0.946 bits per heavy atom. The molecule has 194 valence electrons. The number of carbonyl (C=O) groups is 2. The minimum atomic E-state index is -0.787. The van der Waals surface area contributed by atoms with Gasteiger partial charge in [-0.2, -0.15) is 0 Å². The third-order valence-corrected chi connectivity index (χ3v) is 6.32. The van der Waals surface area contributed by atoms with Crippen molar-refractivity contribution in [3.05, 3.63) is 95.3 Å². The third kappa shape index (κ3) is 7.09. The van der Waals surface area contributed by atoms with E-state index in [9.17, 15) is 14.0 Å². The predicted octanol–water partition coefficient (Wildman–Crippen LogP) is 4.90. The smallest absolute Gasteiger partial charge is 0.243 e. The van der Waals surface area contributed by atoms with Crippen LogP contribution in [-0.4, -0.2) is 36.1 Å². The Bertz CT molecular complexity index is 1220. The van der Waals surface area contributed by atoms with Gasteiger partial charge in [0.1, 0.15) is 11.9 Å². The fourth-order valence-electron chi connectivity index (χ4n) is 4.28. The highest BCUT2D eigenvalue weighted by Crippen LogP contribution is 2.33. The summed E-state index contributed by atoms with van der Waals surface area (Å²) in [6.07, 6.45) is 0.945. The lowest BCUT2D eigenvalue weighted by Crippen LogP contribution is -2.51. The van der Waals surface area contributed by atoms with E-state index in [4.69, 9.17) is 9.47 Å². The molecule has 0 fully saturated rings. The van der Waals surface area contributed by atoms with Crippen LogP contribution in [0.25, 0.3) is 0 Å². The number of nitrogens with zero attached hydrogens (tertiary/aromatic N) is 1. The van der Waals surface area contributed by atoms with Gasteiger partial charge in [-0.15, -0.1) is 0 Å². The third-order valence-electron chi connectivity index (χ3n) is 6.32. The van der Waals surface area contributed by atoms with Crippen LogP contribution in [0.5, 0.6) is 11.5 Å². The molecule has 37 heavy (non-hydrogen) atoms. The molecule has 0 spiro atoms. The molecule has 6 nitrogen and oxygen atoms in total. The summed E-state index contributed by atoms with van der Waals surface area (Å²) in [5, 5.41) is 2.98. The van der Waals surface area contributed by atoms with E-state index < -0.39 is 11.9 Å². The first-order valence-corrected chi connectivity index (χ1v) is 12.6. The molecule has 7 heteroatoms. The molecule has 0 radical (unpaired) electrons. The van der Waals surface area contributed by atoms with E-state index in [2.05, 4.69) is 5.32 Å². The molecule has 0 aromatic heterocycles. The maximum absolute atomic E-state index is 14.7. The van der Waals surface area contributed by atoms with Gasteiger partial charge in [0.2, 0.25) is 18.6 Å². The first kappa shape index (κ1) is 26.2. The maximum Gasteiger partial charge on any atom is 0.243 e. The molecule has 1 N–H and O–H groups in total. The fraction of sp³-hybridized carbons (Fsp3) is 0.333. The van der Waals surface area contributed by atoms with E-state index in [1.165, 1.54) is 11.0 Å². The number of nitrogens with one attached hydrogen (secondary N) is 1. The number of fused-ring (bicyclic) bond motifs is 1. The van der Waals surface area contributed by atoms with Gasteiger partial charge in [0.25, 0.3) is 0 Å². The van der Waals surface area contributed by atoms with Gasteiger partial charge in [-0.1, -0.05) is 68.4 Å². The summed E-state index contributed by atoms with van der Waals surface area (Å²) >= 11 is 0. The van der Waals surface area contributed by atoms with Crippen molar-refractivity contribution in [2.24, 2.45) is 5.92 Å². The Morgan fingerprint density at radius 3 is 2.43 bits per heavy atom. The van der Waals surface area contributed by atoms with Crippen LogP contribution in [0.2, 0.25) is 0 Å². The second kappa shape index (κ2) is 12.4. The van der Waals surface area contributed by atoms with Crippen molar-refractivity contribution in [1.82, 2.24) is 10.2 Å². The SMILES string of the molecule is CC(C)CNC(=O)C(Cc1ccccc1)N(Cc1ccccc1F)C(=O)CCc1ccc2c(c1)OCO2. The van der Waals surface area contributed by atoms with Crippen molar-refractivity contribution in [1.29, 1.82) is 0 Å². The van der Waals surface area contributed by atoms with E-state index in [1.807, 2.05) is 62.4 Å². The number of benzene rings is 3. The molecular weight excluding hydrogens is 471 g/mol. The molecule has 1 unspecified atom stereocenters. The summed E-state index contributed by atoms with van der Waals surface area (Å²) in [6.45, 7) is 4.70. The monoisotopic (exact) mass is 504 g/mol. The molecule has 1 heterocycles. The van der Waals surface area contributed by atoms with E-state index >= 15 is 0 Å². The lowest BCUT2D eigenvalue weighted by Gasteiger charge is -2.32. The van der Waals surface area contributed by atoms with Crippen molar-refractivity contribution in [2.45, 2.75) is 45.7 Å². The Hall–Kier alpha value is -3.87. The van der Waals surface area contributed by atoms with Crippen LogP contribution in [0.15, 0.2) is 72.8 Å². The average Bonchev–Trinajstić information content (AvgIpc) is 3.37. The Balaban J connectivity index is 1.60. The Morgan fingerprint density at radius 2 is 1.68 bits per heavy atom. The minimum absolute atomic E-state index is 0.000750. The second-order valence-electron chi connectivity index (χ2n) is 9.65. The van der Waals surface area contributed by atoms with Crippen LogP contribution in [0.1, 0.15) is 37.0 Å². The van der Waals surface area contributed by atoms with Crippen molar-refractivity contribution < 1.29 is 23.5 Å². The van der Waals surface area contributed by atoms with Gasteiger partial charge in [-0.3, -0.25) is 9.59 Å². The van der Waals surface area contributed by atoms with Crippen LogP contribution < -0.4 is 14.8 Å². The number of halogens is 1. The summed E-state index contributed by atoms with van der Waals surface area (Å²) in [7, 11) is 0. The van der Waals surface area contributed by atoms with E-state index in [0.717, 1.165) is 11.1 Å². The summed E-state index contributed by atoms with van der Waals surface area (Å²) < 4.78 is 25.5. The van der Waals surface area contributed by atoms with Gasteiger partial charge in [0.05, 0.1) is 0 Å². The zero-order valence-corrected chi connectivity index (χ0v) is 21.3. The topological polar surface area (TPSA) is 67.9 Å². The summed E-state index contributed by atoms with van der Waals surface area (Å²) in [5.41, 5.74) is 2.22. The van der Waals surface area contributed by atoms with Gasteiger partial charge in [0, 0.05) is 31.5 Å². The molecule has 1 aliphatic heterocycles. The summed E-state index contributed by atoms with van der Waals surface area (Å²) in [6, 6.07) is 20.8. The molecule has 3 aromatic carbocycles. The summed E-state index contributed by atoms with van der Waals surface area (Å²) in [5.74, 6) is 0.719. The van der Waals surface area contributed by atoms with Crippen LogP contribution in [0, 0.1) is 11.7 Å². The highest BCUT2D eigenvalue weighted by Gasteiger charge is 2.31. The molecule has 0 saturated carbocycles. The molecule has 4 rings (SSSR count). The number of ether oxygens (including phenoxy) is 2. The highest BCUT2D eigenvalue weighted by atomic mass is 19.1. The normalized spacial score (nSPS) is 12.9. The lowest BCUT2D eigenvalue weighted by atomic mass is 10.0. The van der Waals surface area contributed by atoms with Crippen molar-refractivity contribution >= 4 is 11.8 Å². The summed E-state index contributed by atoms with van der Waals surface area (Å²) in [4.78, 5) is 28.7. The molecule has 2 amide bonds. The zero-order chi connectivity index (χ0) is 26.2. The number of carbonyl (C=O) groups excluding carboxylic acids is 2. The number of amides is 2. The number of hydrogen-bond donors (Lipinski definition) is 1. The standard InChI is InChI=1S/C30H33FN2O4/c1-21(2)18-32-30(35)26(16-22-8-4-3-5-9-22)33(19-24-10-6-7-11-25(24)31)29(34)15-13-23-12-14-27-28(17-23)37-20-36-27/h3-12,14,17,21,26H,13,15-16,18-20H2,1-2H3,(H,32,35). The van der Waals surface area contributed by atoms with Crippen LogP contribution in [-0.2, 0) is 29.0 Å². The van der Waals surface area contributed by atoms with E-state index in [-0.39, 0.29) is 37.5 Å². The van der Waals surface area contributed by atoms with Crippen molar-refractivity contribution in [2.75, 3.05) is 13.3 Å². The highest BCUT2D eigenvalue weighted by molar-refractivity contribution is 5.88. The predicted molar refractivity (Wildman–Crippen MR) is 140 cm³/mol. The lowest BCUT2D eigenvalue weighted by molar-refractivity contribution is -0.141. The number of aryl methyl sites for hydroxylation is 1. The van der Waals surface area contributed by atoms with Gasteiger partial charge < -0.3 is 19.7 Å². The maximum atomic E-state index is 14.7. The largest absolute Gasteiger partial charge is 0.454 e. The van der Waals surface area contributed by atoms with E-state index in [0.29, 0.717) is 36.4 Å². The van der Waals surface area contributed by atoms with Gasteiger partial charge in [0.15, 0.2) is 11.5 Å². The van der Waals surface area contributed by atoms with Crippen molar-refractivity contribution in [3.8, 4) is 11.5 Å². The Labute approximate surface area is 217 Å². The number of rotatable bonds is 11. The number of hydrogen-bond acceptors (Lipinski definition) is 4. The molecule has 1 atom stereocenters. The van der Waals surface area contributed by atoms with Gasteiger partial charge >= 0.3 is 0 Å². The van der Waals surface area contributed by atoms with Gasteiger partial charge in [-0.05, 0) is 41.7 Å². The first-order chi connectivity index (χ1) is 17.9.